The molecular weight excluding hydrogens is 166 g/mol. The molecule has 8 heavy (non-hydrogen) atoms. The van der Waals surface area contributed by atoms with E-state index in [2.05, 4.69) is 29.8 Å². The van der Waals surface area contributed by atoms with E-state index in [1.54, 1.807) is 0 Å². The van der Waals surface area contributed by atoms with Crippen molar-refractivity contribution in [2.75, 3.05) is 14.1 Å². The lowest BCUT2D eigenvalue weighted by Crippen LogP contribution is -2.06. The summed E-state index contributed by atoms with van der Waals surface area (Å²) in [5.74, 6) is 0. The number of halogens is 1. The molecule has 2 heteroatoms. The smallest absolute Gasteiger partial charge is 0.0787 e. The average molecular weight is 178 g/mol. The first-order valence-corrected chi connectivity index (χ1v) is 3.35. The summed E-state index contributed by atoms with van der Waals surface area (Å²) in [5, 5.41) is 0. The van der Waals surface area contributed by atoms with Gasteiger partial charge in [-0.3, -0.25) is 0 Å². The van der Waals surface area contributed by atoms with Crippen LogP contribution in [0.25, 0.3) is 0 Å². The van der Waals surface area contributed by atoms with Gasteiger partial charge in [-0.25, -0.2) is 0 Å². The molecule has 0 N–H and O–H groups in total. The van der Waals surface area contributed by atoms with Crippen LogP contribution >= 0.6 is 15.9 Å². The van der Waals surface area contributed by atoms with Gasteiger partial charge in [0.15, 0.2) is 0 Å². The fraction of sp³-hybridized carbons (Fsp3) is 0.667. The molecule has 0 aliphatic rings. The van der Waals surface area contributed by atoms with Gasteiger partial charge >= 0.3 is 0 Å². The first-order valence-electron chi connectivity index (χ1n) is 2.56. The van der Waals surface area contributed by atoms with Gasteiger partial charge in [0, 0.05) is 14.1 Å². The zero-order chi connectivity index (χ0) is 6.73. The second-order valence-corrected chi connectivity index (χ2v) is 2.94. The van der Waals surface area contributed by atoms with Crippen molar-refractivity contribution in [3.63, 3.8) is 0 Å². The maximum atomic E-state index is 3.41. The Labute approximate surface area is 59.5 Å². The summed E-state index contributed by atoms with van der Waals surface area (Å²) in [5.41, 5.74) is 1.30. The van der Waals surface area contributed by atoms with E-state index in [0.29, 0.717) is 0 Å². The van der Waals surface area contributed by atoms with Gasteiger partial charge in [-0.2, -0.15) is 0 Å². The summed E-state index contributed by atoms with van der Waals surface area (Å²) in [6.45, 7) is 4.15. The van der Waals surface area contributed by atoms with E-state index >= 15 is 0 Å². The van der Waals surface area contributed by atoms with E-state index in [-0.39, 0.29) is 0 Å². The minimum absolute atomic E-state index is 1.16. The largest absolute Gasteiger partial charge is 0.372 e. The van der Waals surface area contributed by atoms with Crippen LogP contribution < -0.4 is 0 Å². The molecule has 0 unspecified atom stereocenters. The van der Waals surface area contributed by atoms with Crippen LogP contribution in [0.1, 0.15) is 13.8 Å². The zero-order valence-corrected chi connectivity index (χ0v) is 7.41. The molecular formula is C6H12BrN. The van der Waals surface area contributed by atoms with Gasteiger partial charge in [0.25, 0.3) is 0 Å². The number of hydrogen-bond donors (Lipinski definition) is 0. The van der Waals surface area contributed by atoms with Crippen LogP contribution in [0.4, 0.5) is 0 Å². The highest BCUT2D eigenvalue weighted by Gasteiger charge is 1.92. The second-order valence-electron chi connectivity index (χ2n) is 2.19. The zero-order valence-electron chi connectivity index (χ0n) is 5.83. The van der Waals surface area contributed by atoms with Crippen molar-refractivity contribution in [2.24, 2.45) is 0 Å². The van der Waals surface area contributed by atoms with Crippen molar-refractivity contribution in [2.45, 2.75) is 13.8 Å². The lowest BCUT2D eigenvalue weighted by molar-refractivity contribution is 0.547. The van der Waals surface area contributed by atoms with Crippen molar-refractivity contribution in [1.29, 1.82) is 0 Å². The fourth-order valence-electron chi connectivity index (χ4n) is 0.447. The van der Waals surface area contributed by atoms with Crippen molar-refractivity contribution in [3.8, 4) is 0 Å². The Morgan fingerprint density at radius 3 is 1.62 bits per heavy atom. The maximum absolute atomic E-state index is 3.41. The molecule has 0 bridgehead atoms. The molecule has 0 aliphatic heterocycles. The van der Waals surface area contributed by atoms with Gasteiger partial charge in [0.2, 0.25) is 0 Å². The molecule has 0 aromatic carbocycles. The number of rotatable bonds is 1. The van der Waals surface area contributed by atoms with Gasteiger partial charge in [0.05, 0.1) is 4.61 Å². The summed E-state index contributed by atoms with van der Waals surface area (Å²) >= 11 is 3.41. The van der Waals surface area contributed by atoms with Crippen LogP contribution in [0, 0.1) is 0 Å². The molecule has 48 valence electrons. The SMILES string of the molecule is CC(C)=C(Br)N(C)C. The first kappa shape index (κ1) is 8.02. The Morgan fingerprint density at radius 2 is 1.62 bits per heavy atom. The van der Waals surface area contributed by atoms with Crippen LogP contribution in [0.5, 0.6) is 0 Å². The Balaban J connectivity index is 4.00. The van der Waals surface area contributed by atoms with Gasteiger partial charge in [-0.15, -0.1) is 0 Å². The fourth-order valence-corrected chi connectivity index (χ4v) is 0.447. The highest BCUT2D eigenvalue weighted by atomic mass is 79.9. The van der Waals surface area contributed by atoms with Gasteiger partial charge < -0.3 is 4.90 Å². The van der Waals surface area contributed by atoms with E-state index in [4.69, 9.17) is 0 Å². The number of nitrogens with zero attached hydrogens (tertiary/aromatic N) is 1. The molecule has 0 aliphatic carbocycles. The lowest BCUT2D eigenvalue weighted by Gasteiger charge is -2.11. The van der Waals surface area contributed by atoms with Gasteiger partial charge in [-0.1, -0.05) is 0 Å². The molecule has 0 amide bonds. The van der Waals surface area contributed by atoms with Crippen LogP contribution in [0.3, 0.4) is 0 Å². The van der Waals surface area contributed by atoms with Crippen molar-refractivity contribution < 1.29 is 0 Å². The molecule has 0 aromatic rings. The Hall–Kier alpha value is 0.0200. The van der Waals surface area contributed by atoms with Crippen LogP contribution in [0.15, 0.2) is 10.2 Å². The van der Waals surface area contributed by atoms with Gasteiger partial charge in [0.1, 0.15) is 0 Å². The predicted octanol–water partition coefficient (Wildman–Crippen LogP) is 2.19. The lowest BCUT2D eigenvalue weighted by atomic mass is 10.4. The number of hydrogen-bond acceptors (Lipinski definition) is 1. The van der Waals surface area contributed by atoms with Crippen molar-refractivity contribution >= 4 is 15.9 Å². The van der Waals surface area contributed by atoms with E-state index in [1.165, 1.54) is 5.57 Å². The molecule has 0 aromatic heterocycles. The summed E-state index contributed by atoms with van der Waals surface area (Å²) < 4.78 is 1.16. The van der Waals surface area contributed by atoms with E-state index in [9.17, 15) is 0 Å². The molecule has 0 rings (SSSR count). The average Bonchev–Trinajstić information content (AvgIpc) is 1.64. The van der Waals surface area contributed by atoms with Crippen LogP contribution in [0.2, 0.25) is 0 Å². The third-order valence-corrected chi connectivity index (χ3v) is 2.31. The molecule has 0 saturated carbocycles. The maximum Gasteiger partial charge on any atom is 0.0787 e. The third kappa shape index (κ3) is 2.36. The van der Waals surface area contributed by atoms with E-state index < -0.39 is 0 Å². The van der Waals surface area contributed by atoms with Crippen molar-refractivity contribution in [1.82, 2.24) is 4.90 Å². The molecule has 0 radical (unpaired) electrons. The molecule has 0 fully saturated rings. The topological polar surface area (TPSA) is 3.24 Å². The number of allylic oxidation sites excluding steroid dienone is 1. The minimum atomic E-state index is 1.16. The Bertz CT molecular complexity index is 101. The summed E-state index contributed by atoms with van der Waals surface area (Å²) in [4.78, 5) is 2.04. The quantitative estimate of drug-likeness (QED) is 0.556. The summed E-state index contributed by atoms with van der Waals surface area (Å²) in [7, 11) is 4.02. The van der Waals surface area contributed by atoms with E-state index in [1.807, 2.05) is 19.0 Å². The predicted molar refractivity (Wildman–Crippen MR) is 41.0 cm³/mol. The second kappa shape index (κ2) is 3.13. The molecule has 0 heterocycles. The molecule has 0 saturated heterocycles. The van der Waals surface area contributed by atoms with Crippen molar-refractivity contribution in [3.05, 3.63) is 10.2 Å². The molecule has 0 atom stereocenters. The Kier molecular flexibility index (Phi) is 3.13. The summed E-state index contributed by atoms with van der Waals surface area (Å²) in [6.07, 6.45) is 0. The highest BCUT2D eigenvalue weighted by Crippen LogP contribution is 2.12. The highest BCUT2D eigenvalue weighted by molar-refractivity contribution is 9.11. The standard InChI is InChI=1S/C6H12BrN/c1-5(2)6(7)8(3)4/h1-4H3. The molecule has 1 nitrogen and oxygen atoms in total. The third-order valence-electron chi connectivity index (χ3n) is 0.805. The minimum Gasteiger partial charge on any atom is -0.372 e. The van der Waals surface area contributed by atoms with Crippen LogP contribution in [-0.4, -0.2) is 19.0 Å². The molecule has 0 spiro atoms. The summed E-state index contributed by atoms with van der Waals surface area (Å²) in [6, 6.07) is 0. The Morgan fingerprint density at radius 1 is 1.25 bits per heavy atom. The first-order chi connectivity index (χ1) is 3.55. The van der Waals surface area contributed by atoms with Gasteiger partial charge in [-0.05, 0) is 35.4 Å². The monoisotopic (exact) mass is 177 g/mol. The van der Waals surface area contributed by atoms with Crippen LogP contribution in [-0.2, 0) is 0 Å². The van der Waals surface area contributed by atoms with E-state index in [0.717, 1.165) is 4.61 Å². The normalized spacial score (nSPS) is 8.62.